The summed E-state index contributed by atoms with van der Waals surface area (Å²) < 4.78 is 10.5. The lowest BCUT2D eigenvalue weighted by Gasteiger charge is -2.15. The number of anilines is 1. The first-order chi connectivity index (χ1) is 12.1. The molecule has 0 radical (unpaired) electrons. The monoisotopic (exact) mass is 358 g/mol. The fourth-order valence-electron chi connectivity index (χ4n) is 2.88. The SMILES string of the molecule is COc1ccc(OC)c(/C=C/C(=O)Nc2nc3c(s2)C[C@@H](C)CC3)c1. The highest BCUT2D eigenvalue weighted by atomic mass is 32.1. The summed E-state index contributed by atoms with van der Waals surface area (Å²) in [5, 5.41) is 3.53. The van der Waals surface area contributed by atoms with Gasteiger partial charge in [-0.2, -0.15) is 0 Å². The van der Waals surface area contributed by atoms with Crippen LogP contribution in [0.1, 0.15) is 29.5 Å². The zero-order chi connectivity index (χ0) is 17.8. The maximum Gasteiger partial charge on any atom is 0.250 e. The molecule has 1 aromatic heterocycles. The van der Waals surface area contributed by atoms with E-state index in [1.807, 2.05) is 18.2 Å². The van der Waals surface area contributed by atoms with Crippen LogP contribution < -0.4 is 14.8 Å². The number of aromatic nitrogens is 1. The number of methoxy groups -OCH3 is 2. The third-order valence-corrected chi connectivity index (χ3v) is 5.30. The van der Waals surface area contributed by atoms with E-state index in [0.29, 0.717) is 22.5 Å². The molecule has 1 amide bonds. The lowest BCUT2D eigenvalue weighted by Crippen LogP contribution is -2.09. The second-order valence-electron chi connectivity index (χ2n) is 6.17. The molecule has 6 heteroatoms. The standard InChI is InChI=1S/C19H22N2O3S/c1-12-4-7-15-17(10-12)25-19(20-15)21-18(22)9-5-13-11-14(23-2)6-8-16(13)24-3/h5-6,8-9,11-12H,4,7,10H2,1-3H3,(H,20,21,22)/b9-5+/t12-/m0/s1. The van der Waals surface area contributed by atoms with E-state index in [1.54, 1.807) is 31.6 Å². The highest BCUT2D eigenvalue weighted by molar-refractivity contribution is 7.15. The van der Waals surface area contributed by atoms with Crippen LogP contribution in [0.2, 0.25) is 0 Å². The largest absolute Gasteiger partial charge is 0.497 e. The minimum atomic E-state index is -0.205. The highest BCUT2D eigenvalue weighted by Crippen LogP contribution is 2.32. The van der Waals surface area contributed by atoms with E-state index in [2.05, 4.69) is 17.2 Å². The number of ether oxygens (including phenoxy) is 2. The van der Waals surface area contributed by atoms with E-state index in [-0.39, 0.29) is 5.91 Å². The molecule has 0 aliphatic heterocycles. The summed E-state index contributed by atoms with van der Waals surface area (Å²) in [7, 11) is 3.20. The molecular weight excluding hydrogens is 336 g/mol. The smallest absolute Gasteiger partial charge is 0.250 e. The molecule has 1 atom stereocenters. The summed E-state index contributed by atoms with van der Waals surface area (Å²) in [4.78, 5) is 18.1. The van der Waals surface area contributed by atoms with Gasteiger partial charge in [0.25, 0.3) is 0 Å². The predicted molar refractivity (Wildman–Crippen MR) is 101 cm³/mol. The van der Waals surface area contributed by atoms with Crippen LogP contribution in [-0.4, -0.2) is 25.1 Å². The summed E-state index contributed by atoms with van der Waals surface area (Å²) >= 11 is 1.58. The molecule has 0 spiro atoms. The van der Waals surface area contributed by atoms with Crippen molar-refractivity contribution in [1.29, 1.82) is 0 Å². The van der Waals surface area contributed by atoms with Gasteiger partial charge in [-0.25, -0.2) is 4.98 Å². The number of carbonyl (C=O) groups is 1. The van der Waals surface area contributed by atoms with E-state index in [9.17, 15) is 4.79 Å². The van der Waals surface area contributed by atoms with Crippen LogP contribution in [-0.2, 0) is 17.6 Å². The van der Waals surface area contributed by atoms with E-state index < -0.39 is 0 Å². The summed E-state index contributed by atoms with van der Waals surface area (Å²) in [6.45, 7) is 2.26. The van der Waals surface area contributed by atoms with Crippen LogP contribution in [0, 0.1) is 5.92 Å². The third kappa shape index (κ3) is 4.20. The Morgan fingerprint density at radius 3 is 2.96 bits per heavy atom. The van der Waals surface area contributed by atoms with Crippen molar-refractivity contribution in [2.24, 2.45) is 5.92 Å². The van der Waals surface area contributed by atoms with Crippen molar-refractivity contribution in [3.05, 3.63) is 40.4 Å². The lowest BCUT2D eigenvalue weighted by atomic mass is 9.93. The maximum absolute atomic E-state index is 12.2. The first kappa shape index (κ1) is 17.5. The molecule has 1 aliphatic carbocycles. The minimum Gasteiger partial charge on any atom is -0.497 e. The zero-order valence-corrected chi connectivity index (χ0v) is 15.5. The van der Waals surface area contributed by atoms with Gasteiger partial charge in [0.1, 0.15) is 11.5 Å². The Morgan fingerprint density at radius 2 is 2.20 bits per heavy atom. The van der Waals surface area contributed by atoms with Crippen molar-refractivity contribution < 1.29 is 14.3 Å². The first-order valence-electron chi connectivity index (χ1n) is 8.28. The number of rotatable bonds is 5. The van der Waals surface area contributed by atoms with Gasteiger partial charge in [0, 0.05) is 16.5 Å². The molecule has 1 N–H and O–H groups in total. The number of fused-ring (bicyclic) bond motifs is 1. The number of hydrogen-bond acceptors (Lipinski definition) is 5. The van der Waals surface area contributed by atoms with Crippen LogP contribution >= 0.6 is 11.3 Å². The van der Waals surface area contributed by atoms with E-state index in [1.165, 1.54) is 17.4 Å². The predicted octanol–water partition coefficient (Wildman–Crippen LogP) is 3.94. The molecule has 1 aliphatic rings. The summed E-state index contributed by atoms with van der Waals surface area (Å²) in [6, 6.07) is 5.45. The van der Waals surface area contributed by atoms with Crippen molar-refractivity contribution in [2.75, 3.05) is 19.5 Å². The molecule has 0 unspecified atom stereocenters. The van der Waals surface area contributed by atoms with Gasteiger partial charge in [-0.05, 0) is 49.5 Å². The van der Waals surface area contributed by atoms with E-state index in [0.717, 1.165) is 24.1 Å². The number of nitrogens with one attached hydrogen (secondary N) is 1. The molecule has 0 saturated heterocycles. The molecule has 0 saturated carbocycles. The number of nitrogens with zero attached hydrogens (tertiary/aromatic N) is 1. The molecule has 132 valence electrons. The number of aryl methyl sites for hydroxylation is 1. The molecule has 1 heterocycles. The third-order valence-electron chi connectivity index (χ3n) is 4.27. The average molecular weight is 358 g/mol. The molecule has 1 aromatic carbocycles. The van der Waals surface area contributed by atoms with Crippen LogP contribution in [0.4, 0.5) is 5.13 Å². The van der Waals surface area contributed by atoms with Crippen molar-refractivity contribution in [2.45, 2.75) is 26.2 Å². The Morgan fingerprint density at radius 1 is 1.36 bits per heavy atom. The second-order valence-corrected chi connectivity index (χ2v) is 7.25. The average Bonchev–Trinajstić information content (AvgIpc) is 3.00. The van der Waals surface area contributed by atoms with Crippen molar-refractivity contribution in [3.8, 4) is 11.5 Å². The first-order valence-corrected chi connectivity index (χ1v) is 9.10. The minimum absolute atomic E-state index is 0.205. The number of carbonyl (C=O) groups excluding carboxylic acids is 1. The van der Waals surface area contributed by atoms with Gasteiger partial charge >= 0.3 is 0 Å². The van der Waals surface area contributed by atoms with Crippen molar-refractivity contribution in [1.82, 2.24) is 4.98 Å². The highest BCUT2D eigenvalue weighted by Gasteiger charge is 2.20. The topological polar surface area (TPSA) is 60.5 Å². The van der Waals surface area contributed by atoms with Gasteiger partial charge in [-0.1, -0.05) is 6.92 Å². The van der Waals surface area contributed by atoms with Gasteiger partial charge in [-0.15, -0.1) is 11.3 Å². The van der Waals surface area contributed by atoms with Crippen LogP contribution in [0.3, 0.4) is 0 Å². The van der Waals surface area contributed by atoms with Crippen LogP contribution in [0.15, 0.2) is 24.3 Å². The van der Waals surface area contributed by atoms with Gasteiger partial charge < -0.3 is 9.47 Å². The van der Waals surface area contributed by atoms with Gasteiger partial charge in [0.05, 0.1) is 19.9 Å². The maximum atomic E-state index is 12.2. The van der Waals surface area contributed by atoms with Gasteiger partial charge in [0.15, 0.2) is 5.13 Å². The number of thiazole rings is 1. The van der Waals surface area contributed by atoms with Gasteiger partial charge in [-0.3, -0.25) is 10.1 Å². The Kier molecular flexibility index (Phi) is 5.38. The van der Waals surface area contributed by atoms with E-state index >= 15 is 0 Å². The van der Waals surface area contributed by atoms with Crippen LogP contribution in [0.5, 0.6) is 11.5 Å². The molecule has 2 aromatic rings. The Bertz CT molecular complexity index is 798. The summed E-state index contributed by atoms with van der Waals surface area (Å²) in [5.74, 6) is 1.88. The van der Waals surface area contributed by atoms with Crippen LogP contribution in [0.25, 0.3) is 6.08 Å². The molecule has 0 fully saturated rings. The Balaban J connectivity index is 1.69. The fraction of sp³-hybridized carbons (Fsp3) is 0.368. The summed E-state index contributed by atoms with van der Waals surface area (Å²) in [5.41, 5.74) is 1.92. The van der Waals surface area contributed by atoms with Crippen molar-refractivity contribution in [3.63, 3.8) is 0 Å². The summed E-state index contributed by atoms with van der Waals surface area (Å²) in [6.07, 6.45) is 6.42. The van der Waals surface area contributed by atoms with Crippen molar-refractivity contribution >= 4 is 28.5 Å². The number of amides is 1. The lowest BCUT2D eigenvalue weighted by molar-refractivity contribution is -0.111. The number of hydrogen-bond donors (Lipinski definition) is 1. The van der Waals surface area contributed by atoms with E-state index in [4.69, 9.17) is 9.47 Å². The Hall–Kier alpha value is -2.34. The second kappa shape index (κ2) is 7.70. The normalized spacial score (nSPS) is 16.5. The molecular formula is C19H22N2O3S. The fourth-order valence-corrected chi connectivity index (χ4v) is 4.05. The zero-order valence-electron chi connectivity index (χ0n) is 14.7. The molecule has 5 nitrogen and oxygen atoms in total. The molecule has 3 rings (SSSR count). The number of benzene rings is 1. The molecule has 0 bridgehead atoms. The quantitative estimate of drug-likeness (QED) is 0.823. The van der Waals surface area contributed by atoms with Gasteiger partial charge in [0.2, 0.25) is 5.91 Å². The molecule has 25 heavy (non-hydrogen) atoms. The Labute approximate surface area is 151 Å².